The second-order valence-electron chi connectivity index (χ2n) is 6.29. The van der Waals surface area contributed by atoms with Gasteiger partial charge in [0, 0.05) is 24.6 Å². The molecule has 0 N–H and O–H groups in total. The van der Waals surface area contributed by atoms with Gasteiger partial charge in [0.1, 0.15) is 22.8 Å². The van der Waals surface area contributed by atoms with Gasteiger partial charge in [-0.15, -0.1) is 0 Å². The average molecular weight is 365 g/mol. The lowest BCUT2D eigenvalue weighted by atomic mass is 10.1. The largest absolute Gasteiger partial charge is 0.497 e. The molecular formula is C22H23NO4. The molecule has 1 aromatic heterocycles. The van der Waals surface area contributed by atoms with E-state index in [1.165, 1.54) is 6.08 Å². The molecule has 0 aliphatic carbocycles. The van der Waals surface area contributed by atoms with Gasteiger partial charge in [0.2, 0.25) is 5.91 Å². The smallest absolute Gasteiger partial charge is 0.246 e. The van der Waals surface area contributed by atoms with Crippen LogP contribution in [0.25, 0.3) is 17.0 Å². The number of hydrogen-bond acceptors (Lipinski definition) is 4. The SMILES string of the molecule is COc1cc(/C=C/C(=O)N(C)[C@H](C)c2cc3ccccc3o2)cc(OC)c1. The molecule has 3 aromatic rings. The highest BCUT2D eigenvalue weighted by Crippen LogP contribution is 2.27. The molecule has 0 spiro atoms. The van der Waals surface area contributed by atoms with Crippen molar-refractivity contribution in [3.8, 4) is 11.5 Å². The van der Waals surface area contributed by atoms with E-state index in [4.69, 9.17) is 13.9 Å². The molecule has 0 saturated heterocycles. The van der Waals surface area contributed by atoms with E-state index in [0.29, 0.717) is 11.5 Å². The summed E-state index contributed by atoms with van der Waals surface area (Å²) in [5.74, 6) is 1.98. The molecule has 0 aliphatic heterocycles. The van der Waals surface area contributed by atoms with Crippen LogP contribution in [0, 0.1) is 0 Å². The van der Waals surface area contributed by atoms with Crippen LogP contribution < -0.4 is 9.47 Å². The molecule has 1 heterocycles. The van der Waals surface area contributed by atoms with Crippen molar-refractivity contribution in [3.63, 3.8) is 0 Å². The lowest BCUT2D eigenvalue weighted by molar-refractivity contribution is -0.126. The number of carbonyl (C=O) groups excluding carboxylic acids is 1. The van der Waals surface area contributed by atoms with Crippen molar-refractivity contribution in [2.24, 2.45) is 0 Å². The lowest BCUT2D eigenvalue weighted by Gasteiger charge is -2.21. The third-order valence-corrected chi connectivity index (χ3v) is 4.58. The fraction of sp³-hybridized carbons (Fsp3) is 0.227. The van der Waals surface area contributed by atoms with Gasteiger partial charge in [-0.2, -0.15) is 0 Å². The Hall–Kier alpha value is -3.21. The lowest BCUT2D eigenvalue weighted by Crippen LogP contribution is -2.27. The summed E-state index contributed by atoms with van der Waals surface area (Å²) in [6, 6.07) is 15.1. The molecule has 0 radical (unpaired) electrons. The molecular weight excluding hydrogens is 342 g/mol. The van der Waals surface area contributed by atoms with E-state index in [-0.39, 0.29) is 11.9 Å². The molecule has 1 atom stereocenters. The molecule has 0 unspecified atom stereocenters. The fourth-order valence-electron chi connectivity index (χ4n) is 2.80. The summed E-state index contributed by atoms with van der Waals surface area (Å²) in [7, 11) is 4.95. The van der Waals surface area contributed by atoms with Gasteiger partial charge in [-0.25, -0.2) is 0 Å². The van der Waals surface area contributed by atoms with Crippen molar-refractivity contribution in [2.45, 2.75) is 13.0 Å². The monoisotopic (exact) mass is 365 g/mol. The number of amides is 1. The van der Waals surface area contributed by atoms with Crippen molar-refractivity contribution in [3.05, 3.63) is 65.9 Å². The van der Waals surface area contributed by atoms with Crippen LogP contribution in [0.2, 0.25) is 0 Å². The maximum atomic E-state index is 12.6. The van der Waals surface area contributed by atoms with E-state index in [1.54, 1.807) is 38.3 Å². The summed E-state index contributed by atoms with van der Waals surface area (Å²) in [5, 5.41) is 1.03. The summed E-state index contributed by atoms with van der Waals surface area (Å²) in [4.78, 5) is 14.2. The number of nitrogens with zero attached hydrogens (tertiary/aromatic N) is 1. The second-order valence-corrected chi connectivity index (χ2v) is 6.29. The summed E-state index contributed by atoms with van der Waals surface area (Å²) in [6.07, 6.45) is 3.28. The summed E-state index contributed by atoms with van der Waals surface area (Å²) in [6.45, 7) is 1.94. The zero-order valence-electron chi connectivity index (χ0n) is 15.9. The molecule has 1 amide bonds. The van der Waals surface area contributed by atoms with Gasteiger partial charge in [-0.05, 0) is 42.8 Å². The second kappa shape index (κ2) is 7.99. The maximum absolute atomic E-state index is 12.6. The first-order valence-electron chi connectivity index (χ1n) is 8.68. The minimum Gasteiger partial charge on any atom is -0.497 e. The van der Waals surface area contributed by atoms with Crippen LogP contribution in [0.1, 0.15) is 24.3 Å². The standard InChI is InChI=1S/C22H23NO4/c1-15(21-13-17-7-5-6-8-20(17)27-21)23(2)22(24)10-9-16-11-18(25-3)14-19(12-16)26-4/h5-15H,1-4H3/b10-9+/t15-/m1/s1. The Kier molecular flexibility index (Phi) is 5.50. The van der Waals surface area contributed by atoms with Crippen molar-refractivity contribution >= 4 is 23.0 Å². The van der Waals surface area contributed by atoms with Gasteiger partial charge in [-0.3, -0.25) is 4.79 Å². The third kappa shape index (κ3) is 4.14. The molecule has 140 valence electrons. The van der Waals surface area contributed by atoms with E-state index in [9.17, 15) is 4.79 Å². The van der Waals surface area contributed by atoms with Crippen LogP contribution in [0.15, 0.2) is 59.0 Å². The number of para-hydroxylation sites is 1. The topological polar surface area (TPSA) is 51.9 Å². The third-order valence-electron chi connectivity index (χ3n) is 4.58. The van der Waals surface area contributed by atoms with Gasteiger partial charge in [0.05, 0.1) is 20.3 Å². The van der Waals surface area contributed by atoms with Gasteiger partial charge < -0.3 is 18.8 Å². The quantitative estimate of drug-likeness (QED) is 0.595. The van der Waals surface area contributed by atoms with Gasteiger partial charge in [-0.1, -0.05) is 18.2 Å². The molecule has 0 saturated carbocycles. The molecule has 0 aliphatic rings. The number of likely N-dealkylation sites (N-methyl/N-ethyl adjacent to an activating group) is 1. The van der Waals surface area contributed by atoms with Crippen molar-refractivity contribution in [2.75, 3.05) is 21.3 Å². The maximum Gasteiger partial charge on any atom is 0.246 e. The Morgan fingerprint density at radius 2 is 1.74 bits per heavy atom. The van der Waals surface area contributed by atoms with E-state index >= 15 is 0 Å². The Balaban J connectivity index is 1.75. The number of furan rings is 1. The Morgan fingerprint density at radius 1 is 1.07 bits per heavy atom. The predicted molar refractivity (Wildman–Crippen MR) is 106 cm³/mol. The molecule has 5 nitrogen and oxygen atoms in total. The minimum absolute atomic E-state index is 0.121. The van der Waals surface area contributed by atoms with E-state index in [2.05, 4.69) is 0 Å². The number of benzene rings is 2. The normalized spacial score (nSPS) is 12.3. The van der Waals surface area contributed by atoms with E-state index < -0.39 is 0 Å². The highest BCUT2D eigenvalue weighted by atomic mass is 16.5. The summed E-state index contributed by atoms with van der Waals surface area (Å²) >= 11 is 0. The van der Waals surface area contributed by atoms with Gasteiger partial charge in [0.25, 0.3) is 0 Å². The summed E-state index contributed by atoms with van der Waals surface area (Å²) < 4.78 is 16.4. The number of rotatable bonds is 6. The van der Waals surface area contributed by atoms with Crippen molar-refractivity contribution < 1.29 is 18.7 Å². The molecule has 27 heavy (non-hydrogen) atoms. The van der Waals surface area contributed by atoms with Crippen LogP contribution in [0.3, 0.4) is 0 Å². The van der Waals surface area contributed by atoms with Gasteiger partial charge in [0.15, 0.2) is 0 Å². The average Bonchev–Trinajstić information content (AvgIpc) is 3.14. The Morgan fingerprint density at radius 3 is 2.37 bits per heavy atom. The van der Waals surface area contributed by atoms with Crippen molar-refractivity contribution in [1.29, 1.82) is 0 Å². The fourth-order valence-corrected chi connectivity index (χ4v) is 2.80. The highest BCUT2D eigenvalue weighted by Gasteiger charge is 2.19. The number of carbonyl (C=O) groups is 1. The van der Waals surface area contributed by atoms with Crippen LogP contribution in [0.5, 0.6) is 11.5 Å². The zero-order valence-corrected chi connectivity index (χ0v) is 15.9. The molecule has 2 aromatic carbocycles. The summed E-state index contributed by atoms with van der Waals surface area (Å²) in [5.41, 5.74) is 1.64. The predicted octanol–water partition coefficient (Wildman–Crippen LogP) is 4.68. The van der Waals surface area contributed by atoms with Crippen LogP contribution in [-0.4, -0.2) is 32.1 Å². The number of fused-ring (bicyclic) bond motifs is 1. The van der Waals surface area contributed by atoms with E-state index in [1.807, 2.05) is 49.4 Å². The molecule has 0 fully saturated rings. The number of hydrogen-bond donors (Lipinski definition) is 0. The van der Waals surface area contributed by atoms with E-state index in [0.717, 1.165) is 22.3 Å². The number of methoxy groups -OCH3 is 2. The first-order chi connectivity index (χ1) is 13.0. The Bertz CT molecular complexity index is 918. The number of ether oxygens (including phenoxy) is 2. The Labute approximate surface area is 158 Å². The van der Waals surface area contributed by atoms with Crippen LogP contribution in [-0.2, 0) is 4.79 Å². The molecule has 5 heteroatoms. The van der Waals surface area contributed by atoms with Crippen LogP contribution >= 0.6 is 0 Å². The molecule has 3 rings (SSSR count). The van der Waals surface area contributed by atoms with Gasteiger partial charge >= 0.3 is 0 Å². The van der Waals surface area contributed by atoms with Crippen LogP contribution in [0.4, 0.5) is 0 Å². The zero-order chi connectivity index (χ0) is 19.4. The van der Waals surface area contributed by atoms with Crippen molar-refractivity contribution in [1.82, 2.24) is 4.90 Å². The minimum atomic E-state index is -0.186. The first kappa shape index (κ1) is 18.6. The molecule has 0 bridgehead atoms. The first-order valence-corrected chi connectivity index (χ1v) is 8.68. The highest BCUT2D eigenvalue weighted by molar-refractivity contribution is 5.92.